The van der Waals surface area contributed by atoms with Gasteiger partial charge in [0.15, 0.2) is 23.2 Å². The van der Waals surface area contributed by atoms with Crippen LogP contribution >= 0.6 is 0 Å². The summed E-state index contributed by atoms with van der Waals surface area (Å²) >= 11 is 0. The maximum absolute atomic E-state index is 14.1. The summed E-state index contributed by atoms with van der Waals surface area (Å²) in [5.74, 6) is -1.50. The second kappa shape index (κ2) is 11.1. The zero-order valence-corrected chi connectivity index (χ0v) is 19.3. The van der Waals surface area contributed by atoms with Gasteiger partial charge in [-0.3, -0.25) is 9.63 Å². The third kappa shape index (κ3) is 5.50. The zero-order valence-electron chi connectivity index (χ0n) is 19.3. The molecule has 184 valence electrons. The predicted octanol–water partition coefficient (Wildman–Crippen LogP) is 4.39. The molecule has 3 aromatic heterocycles. The number of hydrogen-bond acceptors (Lipinski definition) is 9. The fraction of sp³-hybridized carbons (Fsp3) is 0.125. The molecular weight excluding hydrogens is 472 g/mol. The van der Waals surface area contributed by atoms with Gasteiger partial charge in [0.1, 0.15) is 11.6 Å². The summed E-state index contributed by atoms with van der Waals surface area (Å²) < 4.78 is 33.0. The molecule has 3 heterocycles. The number of ether oxygens (including phenoxy) is 1. The smallest absolute Gasteiger partial charge is 0.278 e. The second-order valence-electron chi connectivity index (χ2n) is 7.17. The summed E-state index contributed by atoms with van der Waals surface area (Å²) in [6.07, 6.45) is 5.37. The Bertz CT molecular complexity index is 1370. The van der Waals surface area contributed by atoms with Crippen molar-refractivity contribution in [3.8, 4) is 17.1 Å². The van der Waals surface area contributed by atoms with Crippen molar-refractivity contribution in [2.45, 2.75) is 6.92 Å². The van der Waals surface area contributed by atoms with Crippen LogP contribution in [-0.4, -0.2) is 39.6 Å². The summed E-state index contributed by atoms with van der Waals surface area (Å²) in [4.78, 5) is 34.1. The summed E-state index contributed by atoms with van der Waals surface area (Å²) in [6.45, 7) is 1.97. The van der Waals surface area contributed by atoms with Crippen LogP contribution in [0.4, 0.5) is 31.8 Å². The molecule has 0 bridgehead atoms. The number of amides is 1. The molecule has 0 aliphatic carbocycles. The second-order valence-corrected chi connectivity index (χ2v) is 7.17. The van der Waals surface area contributed by atoms with E-state index in [1.165, 1.54) is 19.4 Å². The van der Waals surface area contributed by atoms with Gasteiger partial charge >= 0.3 is 0 Å². The Morgan fingerprint density at radius 1 is 0.972 bits per heavy atom. The molecule has 0 fully saturated rings. The molecule has 4 rings (SSSR count). The van der Waals surface area contributed by atoms with E-state index in [9.17, 15) is 13.6 Å². The minimum Gasteiger partial charge on any atom is -0.494 e. The minimum atomic E-state index is -0.901. The molecule has 0 radical (unpaired) electrons. The normalized spacial score (nSPS) is 10.6. The molecule has 3 N–H and O–H groups in total. The lowest BCUT2D eigenvalue weighted by Crippen LogP contribution is -2.24. The number of nitrogens with one attached hydrogen (secondary N) is 3. The number of carbonyl (C=O) groups is 1. The van der Waals surface area contributed by atoms with Crippen molar-refractivity contribution in [3.63, 3.8) is 0 Å². The molecule has 1 aromatic carbocycles. The van der Waals surface area contributed by atoms with Gasteiger partial charge in [-0.15, -0.1) is 0 Å². The third-order valence-electron chi connectivity index (χ3n) is 4.81. The molecule has 0 unspecified atom stereocenters. The van der Waals surface area contributed by atoms with Gasteiger partial charge in [-0.2, -0.15) is 0 Å². The first-order chi connectivity index (χ1) is 17.5. The summed E-state index contributed by atoms with van der Waals surface area (Å²) in [6, 6.07) is 9.17. The van der Waals surface area contributed by atoms with Crippen molar-refractivity contribution in [2.75, 3.05) is 24.4 Å². The van der Waals surface area contributed by atoms with Gasteiger partial charge in [-0.25, -0.2) is 34.2 Å². The topological polar surface area (TPSA) is 123 Å². The van der Waals surface area contributed by atoms with Crippen molar-refractivity contribution in [2.24, 2.45) is 0 Å². The molecule has 0 spiro atoms. The van der Waals surface area contributed by atoms with Crippen LogP contribution in [0.2, 0.25) is 0 Å². The first-order valence-corrected chi connectivity index (χ1v) is 10.7. The van der Waals surface area contributed by atoms with Crippen LogP contribution in [0, 0.1) is 11.6 Å². The van der Waals surface area contributed by atoms with Crippen LogP contribution in [0.5, 0.6) is 5.75 Å². The number of para-hydroxylation sites is 1. The van der Waals surface area contributed by atoms with Crippen LogP contribution in [-0.2, 0) is 4.84 Å². The fourth-order valence-corrected chi connectivity index (χ4v) is 3.24. The molecule has 1 amide bonds. The van der Waals surface area contributed by atoms with Crippen LogP contribution in [0.3, 0.4) is 0 Å². The number of methoxy groups -OCH3 is 1. The van der Waals surface area contributed by atoms with E-state index in [2.05, 4.69) is 36.0 Å². The standard InChI is InChI=1S/C24H21F2N7O3/c1-3-36-33-24(34)16-13-29-20(32-23-17(26)10-14(25)12-30-23)11-19(16)31-18-7-4-6-15(21(18)35-2)22-27-8-5-9-28-22/h4-13H,3H2,1-2H3,(H,33,34)(H2,29,30,31,32). The van der Waals surface area contributed by atoms with Crippen LogP contribution in [0.1, 0.15) is 17.3 Å². The molecule has 4 aromatic rings. The number of nitrogens with zero attached hydrogens (tertiary/aromatic N) is 4. The molecule has 36 heavy (non-hydrogen) atoms. The maximum Gasteiger partial charge on any atom is 0.278 e. The Morgan fingerprint density at radius 2 is 1.78 bits per heavy atom. The highest BCUT2D eigenvalue weighted by atomic mass is 19.1. The molecule has 10 nitrogen and oxygen atoms in total. The third-order valence-corrected chi connectivity index (χ3v) is 4.81. The van der Waals surface area contributed by atoms with Gasteiger partial charge in [0.25, 0.3) is 5.91 Å². The lowest BCUT2D eigenvalue weighted by Gasteiger charge is -2.17. The highest BCUT2D eigenvalue weighted by Crippen LogP contribution is 2.37. The van der Waals surface area contributed by atoms with Gasteiger partial charge in [0.05, 0.1) is 42.4 Å². The molecule has 0 aliphatic rings. The number of hydroxylamine groups is 1. The Balaban J connectivity index is 1.74. The molecule has 0 saturated heterocycles. The van der Waals surface area contributed by atoms with Crippen molar-refractivity contribution in [1.82, 2.24) is 25.4 Å². The molecule has 0 atom stereocenters. The number of rotatable bonds is 9. The van der Waals surface area contributed by atoms with Crippen molar-refractivity contribution in [3.05, 3.63) is 78.4 Å². The highest BCUT2D eigenvalue weighted by molar-refractivity contribution is 6.00. The average molecular weight is 493 g/mol. The number of anilines is 4. The quantitative estimate of drug-likeness (QED) is 0.291. The molecule has 0 aliphatic heterocycles. The SMILES string of the molecule is CCONC(=O)c1cnc(Nc2ncc(F)cc2F)cc1Nc1cccc(-c2ncccn2)c1OC. The van der Waals surface area contributed by atoms with E-state index >= 15 is 0 Å². The van der Waals surface area contributed by atoms with E-state index in [0.29, 0.717) is 28.9 Å². The van der Waals surface area contributed by atoms with Crippen molar-refractivity contribution in [1.29, 1.82) is 0 Å². The van der Waals surface area contributed by atoms with Gasteiger partial charge < -0.3 is 15.4 Å². The van der Waals surface area contributed by atoms with E-state index in [0.717, 1.165) is 6.20 Å². The van der Waals surface area contributed by atoms with Gasteiger partial charge in [0.2, 0.25) is 0 Å². The number of aromatic nitrogens is 4. The summed E-state index contributed by atoms with van der Waals surface area (Å²) in [5.41, 5.74) is 3.85. The van der Waals surface area contributed by atoms with Gasteiger partial charge in [0, 0.05) is 30.7 Å². The van der Waals surface area contributed by atoms with Gasteiger partial charge in [-0.1, -0.05) is 6.07 Å². The first kappa shape index (κ1) is 24.4. The van der Waals surface area contributed by atoms with E-state index in [1.807, 2.05) is 0 Å². The number of hydrogen-bond donors (Lipinski definition) is 3. The Labute approximate surface area is 204 Å². The lowest BCUT2D eigenvalue weighted by molar-refractivity contribution is 0.0365. The Hall–Kier alpha value is -4.71. The predicted molar refractivity (Wildman–Crippen MR) is 128 cm³/mol. The fourth-order valence-electron chi connectivity index (χ4n) is 3.24. The van der Waals surface area contributed by atoms with Crippen molar-refractivity contribution < 1.29 is 23.1 Å². The molecule has 12 heteroatoms. The first-order valence-electron chi connectivity index (χ1n) is 10.7. The highest BCUT2D eigenvalue weighted by Gasteiger charge is 2.18. The molecular formula is C24H21F2N7O3. The van der Waals surface area contributed by atoms with E-state index in [-0.39, 0.29) is 29.5 Å². The minimum absolute atomic E-state index is 0.130. The number of halogens is 2. The number of benzene rings is 1. The van der Waals surface area contributed by atoms with Crippen LogP contribution in [0.15, 0.2) is 61.2 Å². The average Bonchev–Trinajstić information content (AvgIpc) is 2.89. The Morgan fingerprint density at radius 3 is 2.50 bits per heavy atom. The van der Waals surface area contributed by atoms with E-state index < -0.39 is 17.5 Å². The largest absolute Gasteiger partial charge is 0.494 e. The van der Waals surface area contributed by atoms with E-state index in [4.69, 9.17) is 9.57 Å². The number of pyridine rings is 2. The summed E-state index contributed by atoms with van der Waals surface area (Å²) in [5, 5.41) is 5.84. The van der Waals surface area contributed by atoms with Gasteiger partial charge in [-0.05, 0) is 25.1 Å². The maximum atomic E-state index is 14.1. The zero-order chi connectivity index (χ0) is 25.5. The molecule has 0 saturated carbocycles. The van der Waals surface area contributed by atoms with E-state index in [1.54, 1.807) is 43.6 Å². The van der Waals surface area contributed by atoms with Crippen LogP contribution in [0.25, 0.3) is 11.4 Å². The number of carbonyl (C=O) groups excluding carboxylic acids is 1. The summed E-state index contributed by atoms with van der Waals surface area (Å²) in [7, 11) is 1.50. The Kier molecular flexibility index (Phi) is 7.56. The van der Waals surface area contributed by atoms with Crippen LogP contribution < -0.4 is 20.9 Å². The van der Waals surface area contributed by atoms with Crippen molar-refractivity contribution >= 4 is 28.9 Å². The lowest BCUT2D eigenvalue weighted by atomic mass is 10.1. The monoisotopic (exact) mass is 493 g/mol.